The second-order valence-corrected chi connectivity index (χ2v) is 2.24. The maximum Gasteiger partial charge on any atom is 0.115 e. The van der Waals surface area contributed by atoms with Gasteiger partial charge in [0.25, 0.3) is 0 Å². The third kappa shape index (κ3) is 2.62. The van der Waals surface area contributed by atoms with Gasteiger partial charge in [0.15, 0.2) is 0 Å². The molecule has 0 bridgehead atoms. The Balaban J connectivity index is 2.58. The molecule has 1 aromatic rings. The van der Waals surface area contributed by atoms with Crippen molar-refractivity contribution in [3.8, 4) is 5.75 Å². The maximum atomic E-state index is 8.95. The third-order valence-electron chi connectivity index (χ3n) is 1.30. The van der Waals surface area contributed by atoms with Gasteiger partial charge in [-0.1, -0.05) is 5.16 Å². The van der Waals surface area contributed by atoms with E-state index in [4.69, 9.17) is 9.94 Å². The summed E-state index contributed by atoms with van der Waals surface area (Å²) in [5, 5.41) is 12.6. The topological polar surface area (TPSA) is 41.8 Å². The summed E-state index contributed by atoms with van der Waals surface area (Å²) in [6.45, 7) is 2.43. The molecule has 0 aliphatic heterocycles. The molecule has 1 aromatic carbocycles. The molecule has 12 heavy (non-hydrogen) atoms. The molecule has 64 valence electrons. The highest BCUT2D eigenvalue weighted by atomic mass is 16.6. The lowest BCUT2D eigenvalue weighted by Gasteiger charge is -1.93. The number of aromatic hydroxyl groups is 1. The second kappa shape index (κ2) is 4.38. The van der Waals surface area contributed by atoms with Crippen LogP contribution >= 0.6 is 0 Å². The van der Waals surface area contributed by atoms with E-state index < -0.39 is 0 Å². The van der Waals surface area contributed by atoms with Crippen LogP contribution in [-0.2, 0) is 4.84 Å². The minimum atomic E-state index is 0.253. The van der Waals surface area contributed by atoms with Crippen LogP contribution in [0.5, 0.6) is 5.75 Å². The van der Waals surface area contributed by atoms with E-state index in [1.54, 1.807) is 30.5 Å². The molecule has 0 heterocycles. The Kier molecular flexibility index (Phi) is 3.14. The number of oxime groups is 1. The number of hydrogen-bond donors (Lipinski definition) is 1. The molecule has 0 aromatic heterocycles. The van der Waals surface area contributed by atoms with E-state index in [0.29, 0.717) is 6.61 Å². The van der Waals surface area contributed by atoms with E-state index in [9.17, 15) is 0 Å². The van der Waals surface area contributed by atoms with Gasteiger partial charge in [0.1, 0.15) is 12.4 Å². The first-order valence-electron chi connectivity index (χ1n) is 3.77. The lowest BCUT2D eigenvalue weighted by atomic mass is 10.2. The van der Waals surface area contributed by atoms with Crippen LogP contribution in [0.1, 0.15) is 12.5 Å². The molecule has 0 radical (unpaired) electrons. The van der Waals surface area contributed by atoms with Gasteiger partial charge in [-0.25, -0.2) is 0 Å². The molecule has 1 rings (SSSR count). The molecule has 1 N–H and O–H groups in total. The van der Waals surface area contributed by atoms with E-state index in [1.165, 1.54) is 0 Å². The summed E-state index contributed by atoms with van der Waals surface area (Å²) in [5.74, 6) is 0.253. The van der Waals surface area contributed by atoms with E-state index >= 15 is 0 Å². The van der Waals surface area contributed by atoms with Gasteiger partial charge in [0, 0.05) is 0 Å². The van der Waals surface area contributed by atoms with Crippen LogP contribution in [-0.4, -0.2) is 17.9 Å². The predicted molar refractivity (Wildman–Crippen MR) is 47.3 cm³/mol. The summed E-state index contributed by atoms with van der Waals surface area (Å²) in [6, 6.07) is 6.73. The van der Waals surface area contributed by atoms with Crippen LogP contribution < -0.4 is 0 Å². The minimum absolute atomic E-state index is 0.253. The molecule has 0 saturated heterocycles. The third-order valence-corrected chi connectivity index (χ3v) is 1.30. The van der Waals surface area contributed by atoms with Gasteiger partial charge in [0.05, 0.1) is 6.21 Å². The highest BCUT2D eigenvalue weighted by molar-refractivity contribution is 5.79. The average Bonchev–Trinajstić information content (AvgIpc) is 2.09. The van der Waals surface area contributed by atoms with Gasteiger partial charge in [-0.15, -0.1) is 0 Å². The van der Waals surface area contributed by atoms with Gasteiger partial charge >= 0.3 is 0 Å². The molecular weight excluding hydrogens is 154 g/mol. The number of rotatable bonds is 3. The Hall–Kier alpha value is -1.51. The summed E-state index contributed by atoms with van der Waals surface area (Å²) in [5.41, 5.74) is 0.904. The van der Waals surface area contributed by atoms with Crippen molar-refractivity contribution in [2.24, 2.45) is 5.16 Å². The number of phenols is 1. The maximum absolute atomic E-state index is 8.95. The molecule has 0 fully saturated rings. The van der Waals surface area contributed by atoms with Crippen LogP contribution in [0.25, 0.3) is 0 Å². The van der Waals surface area contributed by atoms with Crippen LogP contribution in [0.4, 0.5) is 0 Å². The summed E-state index contributed by atoms with van der Waals surface area (Å²) in [6.07, 6.45) is 1.60. The monoisotopic (exact) mass is 165 g/mol. The second-order valence-electron chi connectivity index (χ2n) is 2.24. The molecule has 0 saturated carbocycles. The van der Waals surface area contributed by atoms with Crippen LogP contribution in [0.15, 0.2) is 29.4 Å². The Morgan fingerprint density at radius 3 is 2.67 bits per heavy atom. The van der Waals surface area contributed by atoms with E-state index in [2.05, 4.69) is 5.16 Å². The highest BCUT2D eigenvalue weighted by Crippen LogP contribution is 2.07. The highest BCUT2D eigenvalue weighted by Gasteiger charge is 1.87. The zero-order chi connectivity index (χ0) is 8.81. The zero-order valence-corrected chi connectivity index (χ0v) is 6.90. The molecule has 0 aliphatic rings. The summed E-state index contributed by atoms with van der Waals surface area (Å²) in [7, 11) is 0. The fourth-order valence-corrected chi connectivity index (χ4v) is 0.733. The van der Waals surface area contributed by atoms with Crippen molar-refractivity contribution in [1.29, 1.82) is 0 Å². The number of hydrogen-bond acceptors (Lipinski definition) is 3. The quantitative estimate of drug-likeness (QED) is 0.547. The van der Waals surface area contributed by atoms with E-state index in [0.717, 1.165) is 5.56 Å². The Morgan fingerprint density at radius 2 is 2.08 bits per heavy atom. The number of benzene rings is 1. The standard InChI is InChI=1S/C9H11NO2/c1-2-12-10-7-8-3-5-9(11)6-4-8/h3-7,11H,2H2,1H3/b10-7+. The molecule has 3 heteroatoms. The van der Waals surface area contributed by atoms with Gasteiger partial charge in [-0.3, -0.25) is 0 Å². The van der Waals surface area contributed by atoms with Gasteiger partial charge < -0.3 is 9.94 Å². The Labute approximate surface area is 71.3 Å². The normalized spacial score (nSPS) is 10.4. The Bertz CT molecular complexity index is 254. The minimum Gasteiger partial charge on any atom is -0.508 e. The van der Waals surface area contributed by atoms with Crippen LogP contribution in [0, 0.1) is 0 Å². The van der Waals surface area contributed by atoms with Crippen molar-refractivity contribution in [1.82, 2.24) is 0 Å². The molecule has 3 nitrogen and oxygen atoms in total. The fourth-order valence-electron chi connectivity index (χ4n) is 0.733. The molecule has 0 unspecified atom stereocenters. The molecule has 0 aliphatic carbocycles. The lowest BCUT2D eigenvalue weighted by Crippen LogP contribution is -1.83. The molecule has 0 atom stereocenters. The van der Waals surface area contributed by atoms with Crippen molar-refractivity contribution in [3.63, 3.8) is 0 Å². The first-order chi connectivity index (χ1) is 5.83. The van der Waals surface area contributed by atoms with Crippen LogP contribution in [0.2, 0.25) is 0 Å². The predicted octanol–water partition coefficient (Wildman–Crippen LogP) is 1.76. The molecule has 0 spiro atoms. The van der Waals surface area contributed by atoms with Crippen molar-refractivity contribution in [2.45, 2.75) is 6.92 Å². The van der Waals surface area contributed by atoms with Crippen molar-refractivity contribution in [3.05, 3.63) is 29.8 Å². The SMILES string of the molecule is CCO/N=C/c1ccc(O)cc1. The zero-order valence-electron chi connectivity index (χ0n) is 6.90. The first-order valence-corrected chi connectivity index (χ1v) is 3.77. The summed E-state index contributed by atoms with van der Waals surface area (Å²) >= 11 is 0. The number of nitrogens with zero attached hydrogens (tertiary/aromatic N) is 1. The Morgan fingerprint density at radius 1 is 1.42 bits per heavy atom. The largest absolute Gasteiger partial charge is 0.508 e. The van der Waals surface area contributed by atoms with Gasteiger partial charge in [-0.05, 0) is 36.8 Å². The van der Waals surface area contributed by atoms with Gasteiger partial charge in [-0.2, -0.15) is 0 Å². The fraction of sp³-hybridized carbons (Fsp3) is 0.222. The average molecular weight is 165 g/mol. The van der Waals surface area contributed by atoms with E-state index in [1.807, 2.05) is 6.92 Å². The van der Waals surface area contributed by atoms with Crippen LogP contribution in [0.3, 0.4) is 0 Å². The van der Waals surface area contributed by atoms with Gasteiger partial charge in [0.2, 0.25) is 0 Å². The van der Waals surface area contributed by atoms with Crippen molar-refractivity contribution >= 4 is 6.21 Å². The molecule has 0 amide bonds. The number of phenolic OH excluding ortho intramolecular Hbond substituents is 1. The van der Waals surface area contributed by atoms with Crippen molar-refractivity contribution in [2.75, 3.05) is 6.61 Å². The first kappa shape index (κ1) is 8.59. The van der Waals surface area contributed by atoms with Crippen molar-refractivity contribution < 1.29 is 9.94 Å². The summed E-state index contributed by atoms with van der Waals surface area (Å²) in [4.78, 5) is 4.77. The smallest absolute Gasteiger partial charge is 0.115 e. The van der Waals surface area contributed by atoms with E-state index in [-0.39, 0.29) is 5.75 Å². The molecular formula is C9H11NO2. The summed E-state index contributed by atoms with van der Waals surface area (Å²) < 4.78 is 0. The lowest BCUT2D eigenvalue weighted by molar-refractivity contribution is 0.160.